The molecule has 5 atom stereocenters. The average molecular weight is 208 g/mol. The fourth-order valence-corrected chi connectivity index (χ4v) is 4.20. The van der Waals surface area contributed by atoms with Crippen LogP contribution in [0.5, 0.6) is 0 Å². The molecule has 4 saturated carbocycles. The molecule has 0 aromatic heterocycles. The van der Waals surface area contributed by atoms with Crippen LogP contribution in [0.2, 0.25) is 0 Å². The van der Waals surface area contributed by atoms with E-state index in [1.807, 2.05) is 0 Å². The fraction of sp³-hybridized carbons (Fsp3) is 0.833. The number of hydrogen-bond donors (Lipinski definition) is 0. The zero-order valence-electron chi connectivity index (χ0n) is 8.94. The second kappa shape index (κ2) is 3.06. The van der Waals surface area contributed by atoms with Crippen molar-refractivity contribution in [1.29, 1.82) is 0 Å². The molecule has 0 saturated heterocycles. The Morgan fingerprint density at radius 1 is 1.33 bits per heavy atom. The number of Topliss-reactive ketones (excluding diaryl/α,β-unsaturated/α-hetero) is 1. The molecule has 0 unspecified atom stereocenters. The highest BCUT2D eigenvalue weighted by Gasteiger charge is 2.58. The van der Waals surface area contributed by atoms with Gasteiger partial charge in [-0.05, 0) is 37.0 Å². The second-order valence-corrected chi connectivity index (χ2v) is 5.23. The molecule has 4 aliphatic rings. The first-order valence-corrected chi connectivity index (χ1v) is 5.83. The molecular formula is C12H16O3. The van der Waals surface area contributed by atoms with Gasteiger partial charge in [0.25, 0.3) is 0 Å². The number of carbonyl (C=O) groups is 2. The number of esters is 1. The summed E-state index contributed by atoms with van der Waals surface area (Å²) in [6.45, 7) is 0. The number of ketones is 1. The fourth-order valence-electron chi connectivity index (χ4n) is 4.20. The van der Waals surface area contributed by atoms with Crippen molar-refractivity contribution in [3.05, 3.63) is 0 Å². The van der Waals surface area contributed by atoms with Crippen LogP contribution in [0, 0.1) is 29.6 Å². The van der Waals surface area contributed by atoms with E-state index in [0.29, 0.717) is 17.6 Å². The van der Waals surface area contributed by atoms with E-state index in [2.05, 4.69) is 0 Å². The van der Waals surface area contributed by atoms with E-state index in [4.69, 9.17) is 4.74 Å². The molecular weight excluding hydrogens is 192 g/mol. The lowest BCUT2D eigenvalue weighted by molar-refractivity contribution is -0.161. The topological polar surface area (TPSA) is 43.4 Å². The molecule has 15 heavy (non-hydrogen) atoms. The van der Waals surface area contributed by atoms with Gasteiger partial charge in [-0.2, -0.15) is 0 Å². The van der Waals surface area contributed by atoms with Gasteiger partial charge in [0.05, 0.1) is 13.0 Å². The Morgan fingerprint density at radius 2 is 2.13 bits per heavy atom. The maximum absolute atomic E-state index is 11.8. The maximum atomic E-state index is 11.8. The van der Waals surface area contributed by atoms with Crippen LogP contribution in [-0.4, -0.2) is 18.9 Å². The first kappa shape index (κ1) is 9.37. The first-order valence-electron chi connectivity index (χ1n) is 5.83. The second-order valence-electron chi connectivity index (χ2n) is 5.23. The van der Waals surface area contributed by atoms with Crippen LogP contribution in [0.15, 0.2) is 0 Å². The van der Waals surface area contributed by atoms with Crippen LogP contribution in [0.4, 0.5) is 0 Å². The Labute approximate surface area is 89.2 Å². The van der Waals surface area contributed by atoms with Crippen molar-refractivity contribution in [1.82, 2.24) is 0 Å². The molecule has 0 aromatic carbocycles. The zero-order chi connectivity index (χ0) is 10.6. The number of hydrogen-bond acceptors (Lipinski definition) is 3. The summed E-state index contributed by atoms with van der Waals surface area (Å²) in [5.41, 5.74) is 0. The molecule has 0 amide bonds. The van der Waals surface area contributed by atoms with E-state index in [9.17, 15) is 9.59 Å². The predicted molar refractivity (Wildman–Crippen MR) is 52.9 cm³/mol. The third-order valence-electron chi connectivity index (χ3n) is 4.80. The summed E-state index contributed by atoms with van der Waals surface area (Å²) >= 11 is 0. The van der Waals surface area contributed by atoms with E-state index in [0.717, 1.165) is 25.2 Å². The molecule has 3 heteroatoms. The monoisotopic (exact) mass is 208 g/mol. The van der Waals surface area contributed by atoms with E-state index in [1.165, 1.54) is 13.5 Å². The summed E-state index contributed by atoms with van der Waals surface area (Å²) in [7, 11) is 1.43. The molecule has 4 fully saturated rings. The molecule has 0 aliphatic heterocycles. The minimum absolute atomic E-state index is 0.0139. The van der Waals surface area contributed by atoms with Crippen molar-refractivity contribution < 1.29 is 14.3 Å². The van der Waals surface area contributed by atoms with Crippen LogP contribution < -0.4 is 0 Å². The van der Waals surface area contributed by atoms with Crippen molar-refractivity contribution in [3.63, 3.8) is 0 Å². The molecule has 0 N–H and O–H groups in total. The summed E-state index contributed by atoms with van der Waals surface area (Å²) < 4.78 is 4.85. The van der Waals surface area contributed by atoms with Gasteiger partial charge in [-0.1, -0.05) is 0 Å². The van der Waals surface area contributed by atoms with Gasteiger partial charge in [0, 0.05) is 12.3 Å². The molecule has 0 heterocycles. The lowest BCUT2D eigenvalue weighted by Crippen LogP contribution is -2.49. The number of carbonyl (C=O) groups excluding carboxylic acids is 2. The number of ether oxygens (including phenoxy) is 1. The van der Waals surface area contributed by atoms with Gasteiger partial charge < -0.3 is 4.74 Å². The van der Waals surface area contributed by atoms with E-state index < -0.39 is 0 Å². The summed E-state index contributed by atoms with van der Waals surface area (Å²) in [6, 6.07) is 0. The smallest absolute Gasteiger partial charge is 0.309 e. The normalized spacial score (nSPS) is 47.0. The molecule has 3 nitrogen and oxygen atoms in total. The summed E-state index contributed by atoms with van der Waals surface area (Å²) in [4.78, 5) is 23.5. The number of rotatable bonds is 1. The largest absolute Gasteiger partial charge is 0.469 e. The van der Waals surface area contributed by atoms with Gasteiger partial charge >= 0.3 is 5.97 Å². The molecule has 0 aromatic rings. The predicted octanol–water partition coefficient (Wildman–Crippen LogP) is 1.41. The van der Waals surface area contributed by atoms with Gasteiger partial charge in [0.15, 0.2) is 0 Å². The summed E-state index contributed by atoms with van der Waals surface area (Å²) in [6.07, 6.45) is 4.01. The first-order chi connectivity index (χ1) is 7.22. The van der Waals surface area contributed by atoms with Crippen molar-refractivity contribution in [2.45, 2.75) is 25.7 Å². The van der Waals surface area contributed by atoms with Gasteiger partial charge in [0.1, 0.15) is 5.78 Å². The van der Waals surface area contributed by atoms with Crippen molar-refractivity contribution in [3.8, 4) is 0 Å². The lowest BCUT2D eigenvalue weighted by atomic mass is 9.58. The zero-order valence-corrected chi connectivity index (χ0v) is 8.94. The standard InChI is InChI=1S/C12H16O3/c1-15-12(14)11-7-3-2-6-4-9(11)10(13)5-8(6)7/h6-9,11H,2-5H2,1H3/t6-,7-,8+,9+,11+/m1/s1. The van der Waals surface area contributed by atoms with Crippen LogP contribution in [-0.2, 0) is 14.3 Å². The van der Waals surface area contributed by atoms with Crippen LogP contribution in [0.25, 0.3) is 0 Å². The van der Waals surface area contributed by atoms with E-state index in [-0.39, 0.29) is 17.8 Å². The Bertz CT molecular complexity index is 323. The Morgan fingerprint density at radius 3 is 2.87 bits per heavy atom. The minimum Gasteiger partial charge on any atom is -0.469 e. The number of methoxy groups -OCH3 is 1. The van der Waals surface area contributed by atoms with Gasteiger partial charge in [0.2, 0.25) is 0 Å². The van der Waals surface area contributed by atoms with Crippen LogP contribution in [0.3, 0.4) is 0 Å². The van der Waals surface area contributed by atoms with Crippen LogP contribution in [0.1, 0.15) is 25.7 Å². The molecule has 0 radical (unpaired) electrons. The number of fused-ring (bicyclic) bond motifs is 1. The molecule has 0 spiro atoms. The highest BCUT2D eigenvalue weighted by atomic mass is 16.5. The van der Waals surface area contributed by atoms with Gasteiger partial charge in [-0.15, -0.1) is 0 Å². The van der Waals surface area contributed by atoms with E-state index in [1.54, 1.807) is 0 Å². The minimum atomic E-state index is -0.150. The Kier molecular flexibility index (Phi) is 1.91. The van der Waals surface area contributed by atoms with E-state index >= 15 is 0 Å². The highest BCUT2D eigenvalue weighted by molar-refractivity contribution is 5.89. The van der Waals surface area contributed by atoms with Gasteiger partial charge in [-0.3, -0.25) is 9.59 Å². The van der Waals surface area contributed by atoms with Crippen molar-refractivity contribution in [2.24, 2.45) is 29.6 Å². The lowest BCUT2D eigenvalue weighted by Gasteiger charge is -2.45. The van der Waals surface area contributed by atoms with Crippen LogP contribution >= 0.6 is 0 Å². The average Bonchev–Trinajstić information content (AvgIpc) is 2.54. The third-order valence-corrected chi connectivity index (χ3v) is 4.80. The Balaban J connectivity index is 1.95. The third kappa shape index (κ3) is 1.12. The molecule has 4 rings (SSSR count). The highest BCUT2D eigenvalue weighted by Crippen LogP contribution is 2.58. The SMILES string of the molecule is COC(=O)[C@H]1[C@@H]2CC[C@@H]3C[C@H]1C(=O)C[C@@H]32. The van der Waals surface area contributed by atoms with Crippen molar-refractivity contribution in [2.75, 3.05) is 7.11 Å². The van der Waals surface area contributed by atoms with Gasteiger partial charge in [-0.25, -0.2) is 0 Å². The summed E-state index contributed by atoms with van der Waals surface area (Å²) in [5.74, 6) is 1.69. The maximum Gasteiger partial charge on any atom is 0.309 e. The van der Waals surface area contributed by atoms with Crippen molar-refractivity contribution >= 4 is 11.8 Å². The quantitative estimate of drug-likeness (QED) is 0.612. The summed E-state index contributed by atoms with van der Waals surface area (Å²) in [5, 5.41) is 0. The molecule has 4 aliphatic carbocycles. The molecule has 82 valence electrons. The Hall–Kier alpha value is -0.860. The molecule has 4 bridgehead atoms.